The van der Waals surface area contributed by atoms with Crippen LogP contribution < -0.4 is 5.32 Å². The van der Waals surface area contributed by atoms with E-state index in [1.54, 1.807) is 12.5 Å². The quantitative estimate of drug-likeness (QED) is 0.512. The predicted octanol–water partition coefficient (Wildman–Crippen LogP) is 4.13. The third kappa shape index (κ3) is 3.60. The molecule has 2 atom stereocenters. The summed E-state index contributed by atoms with van der Waals surface area (Å²) in [5.74, 6) is 0.470. The Labute approximate surface area is 194 Å². The van der Waals surface area contributed by atoms with Crippen molar-refractivity contribution in [2.24, 2.45) is 17.8 Å². The molecular weight excluding hydrogens is 444 g/mol. The van der Waals surface area contributed by atoms with E-state index in [0.29, 0.717) is 40.9 Å². The monoisotopic (exact) mass is 466 g/mol. The van der Waals surface area contributed by atoms with Gasteiger partial charge >= 0.3 is 5.97 Å². The molecule has 4 heterocycles. The summed E-state index contributed by atoms with van der Waals surface area (Å²) in [6.07, 6.45) is 9.80. The summed E-state index contributed by atoms with van der Waals surface area (Å²) in [4.78, 5) is 33.5. The van der Waals surface area contributed by atoms with E-state index in [4.69, 9.17) is 26.3 Å². The van der Waals surface area contributed by atoms with Crippen molar-refractivity contribution in [3.05, 3.63) is 35.6 Å². The van der Waals surface area contributed by atoms with Gasteiger partial charge in [-0.15, -0.1) is 0 Å². The number of hydrogen-bond acceptors (Lipinski definition) is 7. The molecule has 4 aliphatic rings. The lowest BCUT2D eigenvalue weighted by Crippen LogP contribution is -2.51. The van der Waals surface area contributed by atoms with Crippen LogP contribution >= 0.6 is 11.6 Å². The fraction of sp³-hybridized carbons (Fsp3) is 0.435. The number of anilines is 1. The normalized spacial score (nSPS) is 26.3. The number of H-pyrrole nitrogens is 1. The molecule has 3 aromatic heterocycles. The molecule has 0 aromatic carbocycles. The number of rotatable bonds is 5. The number of fused-ring (bicyclic) bond motifs is 4. The fourth-order valence-electron chi connectivity index (χ4n) is 5.61. The van der Waals surface area contributed by atoms with E-state index in [1.807, 2.05) is 6.07 Å². The molecule has 2 unspecified atom stereocenters. The molecule has 170 valence electrons. The maximum Gasteiger partial charge on any atom is 0.308 e. The molecule has 3 aliphatic carbocycles. The minimum Gasteiger partial charge on any atom is -0.500 e. The second-order valence-corrected chi connectivity index (χ2v) is 9.41. The Morgan fingerprint density at radius 1 is 1.18 bits per heavy atom. The van der Waals surface area contributed by atoms with Gasteiger partial charge in [-0.3, -0.25) is 4.79 Å². The maximum atomic E-state index is 12.1. The predicted molar refractivity (Wildman–Crippen MR) is 122 cm³/mol. The second kappa shape index (κ2) is 7.98. The van der Waals surface area contributed by atoms with Crippen molar-refractivity contribution in [1.29, 1.82) is 0 Å². The lowest BCUT2D eigenvalue weighted by atomic mass is 9.61. The minimum absolute atomic E-state index is 0.156. The van der Waals surface area contributed by atoms with Gasteiger partial charge in [0.25, 0.3) is 0 Å². The highest BCUT2D eigenvalue weighted by molar-refractivity contribution is 6.29. The second-order valence-electron chi connectivity index (χ2n) is 9.03. The number of halogens is 1. The van der Waals surface area contributed by atoms with E-state index in [1.165, 1.54) is 6.20 Å². The number of nitrogens with one attached hydrogen (secondary N) is 2. The molecule has 9 nitrogen and oxygen atoms in total. The summed E-state index contributed by atoms with van der Waals surface area (Å²) in [5, 5.41) is 13.7. The molecule has 1 aliphatic heterocycles. The Kier molecular flexibility index (Phi) is 4.94. The standard InChI is InChI=1S/C23H23ClN6O3/c24-16-9-26-22-20(28-16)14(8-25-22)21-27-15(13-5-6-33-10-13)7-17(30-21)29-19-12-3-1-11(2-4-12)18(19)23(31)32/h7-12,18-19H,1-6H2,(H,25,26)(H,31,32)(H,27,29,30). The summed E-state index contributed by atoms with van der Waals surface area (Å²) in [5.41, 5.74) is 3.59. The molecule has 0 radical (unpaired) electrons. The first-order chi connectivity index (χ1) is 16.1. The first-order valence-corrected chi connectivity index (χ1v) is 11.6. The van der Waals surface area contributed by atoms with Crippen molar-refractivity contribution in [2.45, 2.75) is 38.1 Å². The van der Waals surface area contributed by atoms with Crippen LogP contribution in [0.4, 0.5) is 5.82 Å². The van der Waals surface area contributed by atoms with Crippen LogP contribution in [0.2, 0.25) is 5.15 Å². The van der Waals surface area contributed by atoms with Gasteiger partial charge in [-0.2, -0.15) is 0 Å². The van der Waals surface area contributed by atoms with Crippen molar-refractivity contribution in [1.82, 2.24) is 24.9 Å². The zero-order valence-electron chi connectivity index (χ0n) is 17.8. The minimum atomic E-state index is -0.732. The third-order valence-electron chi connectivity index (χ3n) is 7.18. The number of carboxylic acid groups (broad SMARTS) is 1. The number of hydrogen-bond donors (Lipinski definition) is 3. The van der Waals surface area contributed by atoms with Gasteiger partial charge in [-0.05, 0) is 37.5 Å². The molecule has 7 rings (SSSR count). The summed E-state index contributed by atoms with van der Waals surface area (Å²) in [6, 6.07) is 1.73. The van der Waals surface area contributed by atoms with Crippen molar-refractivity contribution in [3.8, 4) is 11.4 Å². The Morgan fingerprint density at radius 2 is 2.00 bits per heavy atom. The van der Waals surface area contributed by atoms with Crippen LogP contribution in [0.1, 0.15) is 37.8 Å². The van der Waals surface area contributed by atoms with Crippen LogP contribution in [-0.4, -0.2) is 48.6 Å². The van der Waals surface area contributed by atoms with Crippen molar-refractivity contribution >= 4 is 40.1 Å². The smallest absolute Gasteiger partial charge is 0.308 e. The number of aromatic amines is 1. The van der Waals surface area contributed by atoms with E-state index in [9.17, 15) is 9.90 Å². The molecule has 33 heavy (non-hydrogen) atoms. The van der Waals surface area contributed by atoms with Crippen LogP contribution in [0.15, 0.2) is 24.7 Å². The number of aliphatic carboxylic acids is 1. The van der Waals surface area contributed by atoms with Gasteiger partial charge in [-0.25, -0.2) is 19.9 Å². The summed E-state index contributed by atoms with van der Waals surface area (Å²) < 4.78 is 5.44. The van der Waals surface area contributed by atoms with Gasteiger partial charge in [0.2, 0.25) is 0 Å². The van der Waals surface area contributed by atoms with E-state index in [-0.39, 0.29) is 17.1 Å². The van der Waals surface area contributed by atoms with E-state index in [0.717, 1.165) is 43.4 Å². The average Bonchev–Trinajstić information content (AvgIpc) is 3.49. The molecule has 3 aromatic rings. The van der Waals surface area contributed by atoms with Crippen LogP contribution in [0.3, 0.4) is 0 Å². The molecule has 0 spiro atoms. The van der Waals surface area contributed by atoms with Crippen molar-refractivity contribution in [2.75, 3.05) is 11.9 Å². The molecule has 0 amide bonds. The molecular formula is C23H23ClN6O3. The lowest BCUT2D eigenvalue weighted by Gasteiger charge is -2.47. The van der Waals surface area contributed by atoms with Gasteiger partial charge in [0, 0.05) is 30.3 Å². The van der Waals surface area contributed by atoms with Gasteiger partial charge in [0.05, 0.1) is 36.2 Å². The van der Waals surface area contributed by atoms with E-state index >= 15 is 0 Å². The van der Waals surface area contributed by atoms with Crippen LogP contribution in [-0.2, 0) is 9.53 Å². The number of carboxylic acids is 1. The number of ether oxygens (including phenoxy) is 1. The van der Waals surface area contributed by atoms with Gasteiger partial charge in [0.1, 0.15) is 16.5 Å². The molecule has 0 saturated heterocycles. The fourth-order valence-corrected chi connectivity index (χ4v) is 5.74. The highest BCUT2D eigenvalue weighted by Crippen LogP contribution is 2.46. The Hall–Kier alpha value is -3.20. The highest BCUT2D eigenvalue weighted by Gasteiger charge is 2.47. The zero-order valence-corrected chi connectivity index (χ0v) is 18.5. The van der Waals surface area contributed by atoms with Crippen molar-refractivity contribution in [3.63, 3.8) is 0 Å². The first-order valence-electron chi connectivity index (χ1n) is 11.3. The number of nitrogens with zero attached hydrogens (tertiary/aromatic N) is 4. The highest BCUT2D eigenvalue weighted by atomic mass is 35.5. The van der Waals surface area contributed by atoms with Crippen LogP contribution in [0.5, 0.6) is 0 Å². The van der Waals surface area contributed by atoms with E-state index < -0.39 is 11.9 Å². The Bertz CT molecular complexity index is 1270. The topological polar surface area (TPSA) is 126 Å². The summed E-state index contributed by atoms with van der Waals surface area (Å²) in [6.45, 7) is 0.610. The SMILES string of the molecule is O=C(O)C1C2CCC(CC2)C1Nc1cc(C2=COCC2)nc(-c2c[nH]c3ncc(Cl)nc23)n1. The molecule has 10 heteroatoms. The van der Waals surface area contributed by atoms with Crippen LogP contribution in [0, 0.1) is 17.8 Å². The van der Waals surface area contributed by atoms with Gasteiger partial charge < -0.3 is 20.1 Å². The zero-order chi connectivity index (χ0) is 22.5. The van der Waals surface area contributed by atoms with Crippen molar-refractivity contribution < 1.29 is 14.6 Å². The maximum absolute atomic E-state index is 12.1. The van der Waals surface area contributed by atoms with E-state index in [2.05, 4.69) is 20.3 Å². The number of carbonyl (C=O) groups is 1. The Morgan fingerprint density at radius 3 is 2.76 bits per heavy atom. The molecule has 3 fully saturated rings. The number of aromatic nitrogens is 5. The van der Waals surface area contributed by atoms with Crippen LogP contribution in [0.25, 0.3) is 28.1 Å². The van der Waals surface area contributed by atoms with Gasteiger partial charge in [-0.1, -0.05) is 11.6 Å². The average molecular weight is 467 g/mol. The summed E-state index contributed by atoms with van der Waals surface area (Å²) >= 11 is 6.09. The molecule has 3 N–H and O–H groups in total. The third-order valence-corrected chi connectivity index (χ3v) is 7.36. The summed E-state index contributed by atoms with van der Waals surface area (Å²) in [7, 11) is 0. The largest absolute Gasteiger partial charge is 0.500 e. The molecule has 2 bridgehead atoms. The van der Waals surface area contributed by atoms with Gasteiger partial charge in [0.15, 0.2) is 11.5 Å². The first kappa shape index (κ1) is 20.4. The Balaban J connectivity index is 1.43. The molecule has 3 saturated carbocycles. The lowest BCUT2D eigenvalue weighted by molar-refractivity contribution is -0.148.